The number of hydrogen-bond acceptors (Lipinski definition) is 4. The lowest BCUT2D eigenvalue weighted by Gasteiger charge is -2.06. The van der Waals surface area contributed by atoms with Crippen LogP contribution in [0.5, 0.6) is 0 Å². The van der Waals surface area contributed by atoms with Crippen LogP contribution in [0.25, 0.3) is 0 Å². The van der Waals surface area contributed by atoms with Crippen LogP contribution >= 0.6 is 0 Å². The molecule has 2 N–H and O–H groups in total. The molecule has 0 bridgehead atoms. The number of amides is 1. The van der Waals surface area contributed by atoms with Crippen molar-refractivity contribution in [2.75, 3.05) is 0 Å². The first kappa shape index (κ1) is 8.90. The normalized spacial score (nSPS) is 11.8. The zero-order chi connectivity index (χ0) is 7.98. The third kappa shape index (κ3) is 3.85. The van der Waals surface area contributed by atoms with Crippen LogP contribution in [-0.4, -0.2) is 23.7 Å². The summed E-state index contributed by atoms with van der Waals surface area (Å²) in [6.45, 7) is 1.62. The van der Waals surface area contributed by atoms with E-state index in [1.54, 1.807) is 6.92 Å². The molecule has 0 aromatic carbocycles. The minimum absolute atomic E-state index is 0.203. The molecule has 0 rings (SSSR count). The fourth-order valence-electron chi connectivity index (χ4n) is 0.431. The van der Waals surface area contributed by atoms with Gasteiger partial charge in [-0.15, -0.1) is 0 Å². The quantitative estimate of drug-likeness (QED) is 0.339. The van der Waals surface area contributed by atoms with Crippen molar-refractivity contribution in [2.45, 2.75) is 19.4 Å². The van der Waals surface area contributed by atoms with E-state index < -0.39 is 6.09 Å². The lowest BCUT2D eigenvalue weighted by atomic mass is 10.3. The number of carbonyl (C=O) groups excluding carboxylic acids is 2. The summed E-state index contributed by atoms with van der Waals surface area (Å²) in [7, 11) is 0. The van der Waals surface area contributed by atoms with E-state index in [0.717, 1.165) is 0 Å². The predicted octanol–water partition coefficient (Wildman–Crippen LogP) is 0.163. The molecule has 1 amide bonds. The molecule has 0 aromatic heterocycles. The van der Waals surface area contributed by atoms with Crippen LogP contribution in [0.4, 0.5) is 4.79 Å². The number of nitrogens with one attached hydrogen (secondary N) is 1. The zero-order valence-corrected chi connectivity index (χ0v) is 5.53. The van der Waals surface area contributed by atoms with E-state index in [1.165, 1.54) is 0 Å². The van der Waals surface area contributed by atoms with Gasteiger partial charge in [-0.1, -0.05) is 0 Å². The summed E-state index contributed by atoms with van der Waals surface area (Å²) in [5.41, 5.74) is 0. The van der Waals surface area contributed by atoms with Gasteiger partial charge in [-0.3, -0.25) is 4.89 Å². The molecule has 10 heavy (non-hydrogen) atoms. The van der Waals surface area contributed by atoms with Crippen molar-refractivity contribution in [3.63, 3.8) is 0 Å². The molecule has 0 aliphatic rings. The minimum atomic E-state index is -0.950. The van der Waals surface area contributed by atoms with E-state index in [9.17, 15) is 9.59 Å². The maximum absolute atomic E-state index is 10.2. The fourth-order valence-corrected chi connectivity index (χ4v) is 0.431. The highest BCUT2D eigenvalue weighted by molar-refractivity contribution is 5.67. The average molecular weight is 147 g/mol. The summed E-state index contributed by atoms with van der Waals surface area (Å²) in [5.74, 6) is 0. The summed E-state index contributed by atoms with van der Waals surface area (Å²) in [5, 5.41) is 9.94. The summed E-state index contributed by atoms with van der Waals surface area (Å²) >= 11 is 0. The van der Waals surface area contributed by atoms with Crippen LogP contribution in [0, 0.1) is 0 Å². The Hall–Kier alpha value is -1.10. The zero-order valence-electron chi connectivity index (χ0n) is 5.53. The molecule has 0 spiro atoms. The standard InChI is InChI=1S/C5H9NO4/c1-4(2-3-7)6-5(8)10-9/h3-4,9H,2H2,1H3,(H,6,8). The Morgan fingerprint density at radius 2 is 2.50 bits per heavy atom. The molecule has 0 radical (unpaired) electrons. The molecule has 0 aliphatic heterocycles. The van der Waals surface area contributed by atoms with Gasteiger partial charge in [-0.2, -0.15) is 5.26 Å². The van der Waals surface area contributed by atoms with Crippen LogP contribution in [0.3, 0.4) is 0 Å². The van der Waals surface area contributed by atoms with E-state index in [1.807, 2.05) is 0 Å². The Balaban J connectivity index is 3.46. The van der Waals surface area contributed by atoms with Crippen molar-refractivity contribution in [2.24, 2.45) is 0 Å². The van der Waals surface area contributed by atoms with Crippen molar-refractivity contribution in [3.8, 4) is 0 Å². The Kier molecular flexibility index (Phi) is 4.23. The highest BCUT2D eigenvalue weighted by Crippen LogP contribution is 1.85. The second-order valence-corrected chi connectivity index (χ2v) is 1.83. The van der Waals surface area contributed by atoms with Crippen LogP contribution in [0.2, 0.25) is 0 Å². The number of hydrogen-bond donors (Lipinski definition) is 2. The minimum Gasteiger partial charge on any atom is -0.316 e. The van der Waals surface area contributed by atoms with Crippen molar-refractivity contribution < 1.29 is 19.7 Å². The molecular formula is C5H9NO4. The largest absolute Gasteiger partial charge is 0.438 e. The van der Waals surface area contributed by atoms with Gasteiger partial charge in [-0.05, 0) is 6.92 Å². The second kappa shape index (κ2) is 4.75. The molecule has 0 aromatic rings. The molecule has 1 unspecified atom stereocenters. The molecule has 1 atom stereocenters. The van der Waals surface area contributed by atoms with Crippen molar-refractivity contribution in [3.05, 3.63) is 0 Å². The molecule has 0 heterocycles. The molecule has 0 saturated carbocycles. The van der Waals surface area contributed by atoms with Gasteiger partial charge in [0, 0.05) is 12.5 Å². The highest BCUT2D eigenvalue weighted by Gasteiger charge is 2.05. The molecule has 0 aliphatic carbocycles. The Labute approximate surface area is 57.9 Å². The van der Waals surface area contributed by atoms with Crippen LogP contribution < -0.4 is 5.32 Å². The monoisotopic (exact) mass is 147 g/mol. The Morgan fingerprint density at radius 1 is 1.90 bits per heavy atom. The van der Waals surface area contributed by atoms with Crippen LogP contribution in [-0.2, 0) is 9.68 Å². The van der Waals surface area contributed by atoms with Gasteiger partial charge in [-0.25, -0.2) is 4.79 Å². The van der Waals surface area contributed by atoms with Crippen molar-refractivity contribution in [1.29, 1.82) is 0 Å². The van der Waals surface area contributed by atoms with Crippen LogP contribution in [0.15, 0.2) is 0 Å². The Bertz CT molecular complexity index is 125. The fraction of sp³-hybridized carbons (Fsp3) is 0.600. The third-order valence-corrected chi connectivity index (χ3v) is 0.897. The number of aldehydes is 1. The maximum atomic E-state index is 10.2. The molecular weight excluding hydrogens is 138 g/mol. The van der Waals surface area contributed by atoms with E-state index in [0.29, 0.717) is 6.29 Å². The first-order valence-electron chi connectivity index (χ1n) is 2.76. The summed E-state index contributed by atoms with van der Waals surface area (Å²) < 4.78 is 0. The molecule has 0 fully saturated rings. The van der Waals surface area contributed by atoms with Gasteiger partial charge in [0.15, 0.2) is 0 Å². The first-order valence-corrected chi connectivity index (χ1v) is 2.76. The topological polar surface area (TPSA) is 75.6 Å². The molecule has 5 heteroatoms. The number of carbonyl (C=O) groups is 2. The van der Waals surface area contributed by atoms with E-state index >= 15 is 0 Å². The molecule has 58 valence electrons. The second-order valence-electron chi connectivity index (χ2n) is 1.83. The van der Waals surface area contributed by atoms with E-state index in [2.05, 4.69) is 10.2 Å². The van der Waals surface area contributed by atoms with Gasteiger partial charge in [0.05, 0.1) is 0 Å². The SMILES string of the molecule is CC(CC=O)NC(=O)OO. The first-order chi connectivity index (χ1) is 4.70. The van der Waals surface area contributed by atoms with Gasteiger partial charge < -0.3 is 10.1 Å². The lowest BCUT2D eigenvalue weighted by molar-refractivity contribution is -0.178. The van der Waals surface area contributed by atoms with E-state index in [4.69, 9.17) is 5.26 Å². The van der Waals surface area contributed by atoms with Crippen molar-refractivity contribution in [1.82, 2.24) is 5.32 Å². The Morgan fingerprint density at radius 3 is 2.90 bits per heavy atom. The average Bonchev–Trinajstić information content (AvgIpc) is 1.88. The molecule has 0 saturated heterocycles. The predicted molar refractivity (Wildman–Crippen MR) is 32.4 cm³/mol. The van der Waals surface area contributed by atoms with Crippen LogP contribution in [0.1, 0.15) is 13.3 Å². The smallest absolute Gasteiger partial charge is 0.316 e. The van der Waals surface area contributed by atoms with Crippen molar-refractivity contribution >= 4 is 12.4 Å². The lowest BCUT2D eigenvalue weighted by Crippen LogP contribution is -2.32. The van der Waals surface area contributed by atoms with E-state index in [-0.39, 0.29) is 12.5 Å². The molecule has 5 nitrogen and oxygen atoms in total. The van der Waals surface area contributed by atoms with Gasteiger partial charge in [0.2, 0.25) is 0 Å². The maximum Gasteiger partial charge on any atom is 0.438 e. The van der Waals surface area contributed by atoms with Gasteiger partial charge in [0.1, 0.15) is 6.29 Å². The highest BCUT2D eigenvalue weighted by atomic mass is 17.1. The summed E-state index contributed by atoms with van der Waals surface area (Å²) in [4.78, 5) is 23.3. The number of rotatable bonds is 3. The summed E-state index contributed by atoms with van der Waals surface area (Å²) in [6, 6.07) is -0.308. The summed E-state index contributed by atoms with van der Waals surface area (Å²) in [6.07, 6.45) is -0.0772. The van der Waals surface area contributed by atoms with Gasteiger partial charge >= 0.3 is 6.09 Å². The third-order valence-electron chi connectivity index (χ3n) is 0.897. The van der Waals surface area contributed by atoms with Gasteiger partial charge in [0.25, 0.3) is 0 Å².